The van der Waals surface area contributed by atoms with E-state index in [-0.39, 0.29) is 24.8 Å². The van der Waals surface area contributed by atoms with Gasteiger partial charge in [0.2, 0.25) is 0 Å². The van der Waals surface area contributed by atoms with Gasteiger partial charge in [0.25, 0.3) is 0 Å². The van der Waals surface area contributed by atoms with Crippen LogP contribution in [-0.4, -0.2) is 3.21 Å². The summed E-state index contributed by atoms with van der Waals surface area (Å²) in [6, 6.07) is 26.2. The third kappa shape index (κ3) is 6.87. The quantitative estimate of drug-likeness (QED) is 0.277. The van der Waals surface area contributed by atoms with E-state index in [4.69, 9.17) is 0 Å². The second kappa shape index (κ2) is 15.0. The van der Waals surface area contributed by atoms with Gasteiger partial charge in [0.05, 0.1) is 0 Å². The molecule has 4 aromatic carbocycles. The van der Waals surface area contributed by atoms with Crippen LogP contribution in [0.1, 0.15) is 49.9 Å². The van der Waals surface area contributed by atoms with Gasteiger partial charge in [-0.05, 0) is 34.4 Å². The first-order valence-corrected chi connectivity index (χ1v) is 16.3. The van der Waals surface area contributed by atoms with Gasteiger partial charge in [-0.3, -0.25) is 0 Å². The van der Waals surface area contributed by atoms with Crippen molar-refractivity contribution in [2.45, 2.75) is 40.5 Å². The first-order valence-electron chi connectivity index (χ1n) is 15.0. The van der Waals surface area contributed by atoms with Crippen molar-refractivity contribution in [2.75, 3.05) is 0 Å². The summed E-state index contributed by atoms with van der Waals surface area (Å²) in [6.45, 7) is 9.07. The van der Waals surface area contributed by atoms with E-state index >= 15 is 0 Å². The Morgan fingerprint density at radius 2 is 1.00 bits per heavy atom. The normalized spacial score (nSPS) is 14.7. The molecule has 0 saturated heterocycles. The summed E-state index contributed by atoms with van der Waals surface area (Å²) in [5.74, 6) is 1.60. The van der Waals surface area contributed by atoms with Crippen LogP contribution in [0.4, 0.5) is 0 Å². The maximum Gasteiger partial charge on any atom is -0.0186 e. The molecule has 0 bridgehead atoms. The van der Waals surface area contributed by atoms with Crippen LogP contribution in [0.2, 0.25) is 0 Å². The number of fused-ring (bicyclic) bond motifs is 10. The third-order valence-electron chi connectivity index (χ3n) is 8.42. The van der Waals surface area contributed by atoms with Gasteiger partial charge in [-0.15, -0.1) is 23.3 Å². The molecule has 0 fully saturated rings. The van der Waals surface area contributed by atoms with Gasteiger partial charge < -0.3 is 24.8 Å². The SMILES string of the molecule is CC(C)[C](=[Zr+2])C(C)C.[C-]1=CC=C2C1=CCc1ccc3ccccc3c12.[C-]1=CC=C2C1=CCc1ccc3ccccc3c12.[Cl-].[Cl-]. The molecule has 0 nitrogen and oxygen atoms in total. The van der Waals surface area contributed by atoms with Crippen molar-refractivity contribution in [3.63, 3.8) is 0 Å². The topological polar surface area (TPSA) is 0 Å². The summed E-state index contributed by atoms with van der Waals surface area (Å²) in [6.07, 6.45) is 21.6. The summed E-state index contributed by atoms with van der Waals surface area (Å²) in [5.41, 5.74) is 10.9. The molecule has 0 aliphatic heterocycles. The Labute approximate surface area is 290 Å². The van der Waals surface area contributed by atoms with Crippen molar-refractivity contribution in [2.24, 2.45) is 11.8 Å². The molecule has 0 N–H and O–H groups in total. The Kier molecular flexibility index (Phi) is 11.6. The van der Waals surface area contributed by atoms with Crippen LogP contribution in [0, 0.1) is 24.0 Å². The zero-order valence-electron chi connectivity index (χ0n) is 25.7. The zero-order valence-corrected chi connectivity index (χ0v) is 29.7. The monoisotopic (exact) mass is 688 g/mol. The molecule has 3 heteroatoms. The van der Waals surface area contributed by atoms with Crippen LogP contribution in [0.15, 0.2) is 120 Å². The second-order valence-corrected chi connectivity index (χ2v) is 13.3. The molecule has 0 saturated carbocycles. The molecule has 0 atom stereocenters. The van der Waals surface area contributed by atoms with Crippen molar-refractivity contribution < 1.29 is 49.0 Å². The molecule has 4 aliphatic rings. The van der Waals surface area contributed by atoms with Gasteiger partial charge in [-0.1, -0.05) is 95.1 Å². The molecule has 0 heterocycles. The van der Waals surface area contributed by atoms with Gasteiger partial charge in [0, 0.05) is 0 Å². The van der Waals surface area contributed by atoms with Crippen LogP contribution in [0.25, 0.3) is 32.7 Å². The molecule has 0 spiro atoms. The summed E-state index contributed by atoms with van der Waals surface area (Å²) < 4.78 is 1.69. The van der Waals surface area contributed by atoms with E-state index in [0.717, 1.165) is 24.7 Å². The van der Waals surface area contributed by atoms with E-state index in [1.807, 2.05) is 12.2 Å². The first kappa shape index (κ1) is 34.1. The molecular weight excluding hydrogens is 655 g/mol. The van der Waals surface area contributed by atoms with E-state index in [1.54, 1.807) is 27.4 Å². The van der Waals surface area contributed by atoms with Crippen LogP contribution >= 0.6 is 0 Å². The van der Waals surface area contributed by atoms with Crippen LogP contribution in [0.5, 0.6) is 0 Å². The smallest absolute Gasteiger partial charge is 0.0186 e. The van der Waals surface area contributed by atoms with Crippen molar-refractivity contribution in [1.29, 1.82) is 0 Å². The summed E-state index contributed by atoms with van der Waals surface area (Å²) in [4.78, 5) is 0. The standard InChI is InChI=1S/2C17H11.C7H14.2ClH.Zr/c2*1-2-6-15-12(4-1)8-10-14-11-9-13-5-3-7-16(13)17(14)15;1-6(2)5-7(3)4;;;/h2*1-4,6-10H,11H2;6-7H,1-4H3;2*1H;/q2*-1;;;;+2/p-2. The van der Waals surface area contributed by atoms with E-state index in [1.165, 1.54) is 66.1 Å². The number of rotatable bonds is 2. The van der Waals surface area contributed by atoms with Crippen molar-refractivity contribution in [1.82, 2.24) is 0 Å². The molecule has 4 aromatic rings. The molecule has 0 aromatic heterocycles. The molecule has 0 unspecified atom stereocenters. The minimum absolute atomic E-state index is 0. The van der Waals surface area contributed by atoms with E-state index in [9.17, 15) is 0 Å². The predicted octanol–water partition coefficient (Wildman–Crippen LogP) is 4.18. The average molecular weight is 691 g/mol. The number of hydrogen-bond acceptors (Lipinski definition) is 0. The minimum atomic E-state index is 0. The van der Waals surface area contributed by atoms with Crippen LogP contribution in [-0.2, 0) is 37.1 Å². The molecule has 0 amide bonds. The Morgan fingerprint density at radius 1 is 0.591 bits per heavy atom. The Balaban J connectivity index is 0.000000158. The number of halogens is 2. The number of hydrogen-bond donors (Lipinski definition) is 0. The molecule has 8 rings (SSSR count). The maximum atomic E-state index is 3.31. The molecule has 220 valence electrons. The number of benzene rings is 4. The summed E-state index contributed by atoms with van der Waals surface area (Å²) >= 11 is 1.61. The second-order valence-electron chi connectivity index (χ2n) is 11.8. The van der Waals surface area contributed by atoms with Crippen LogP contribution in [0.3, 0.4) is 0 Å². The maximum absolute atomic E-state index is 3.31. The largest absolute Gasteiger partial charge is 1.00 e. The number of allylic oxidation sites excluding steroid dienone is 12. The van der Waals surface area contributed by atoms with E-state index in [0.29, 0.717) is 0 Å². The van der Waals surface area contributed by atoms with E-state index in [2.05, 4.69) is 137 Å². The third-order valence-corrected chi connectivity index (χ3v) is 11.3. The Bertz CT molecular complexity index is 1760. The van der Waals surface area contributed by atoms with Gasteiger partial charge in [0.15, 0.2) is 0 Å². The molecule has 0 radical (unpaired) electrons. The summed E-state index contributed by atoms with van der Waals surface area (Å²) in [5, 5.41) is 5.36. The molecular formula is C41H36Cl2Zr-2. The first-order chi connectivity index (χ1) is 20.4. The van der Waals surface area contributed by atoms with Crippen molar-refractivity contribution in [3.8, 4) is 0 Å². The van der Waals surface area contributed by atoms with Gasteiger partial charge in [0.1, 0.15) is 0 Å². The zero-order chi connectivity index (χ0) is 29.2. The van der Waals surface area contributed by atoms with Crippen molar-refractivity contribution >= 4 is 35.9 Å². The van der Waals surface area contributed by atoms with Gasteiger partial charge in [-0.2, -0.15) is 47.6 Å². The minimum Gasteiger partial charge on any atom is -1.00 e. The van der Waals surface area contributed by atoms with Crippen LogP contribution < -0.4 is 24.8 Å². The fourth-order valence-electron chi connectivity index (χ4n) is 6.24. The predicted molar refractivity (Wildman–Crippen MR) is 178 cm³/mol. The fraction of sp³-hybridized carbons (Fsp3) is 0.195. The van der Waals surface area contributed by atoms with Crippen molar-refractivity contribution in [3.05, 3.63) is 155 Å². The molecule has 4 aliphatic carbocycles. The van der Waals surface area contributed by atoms with E-state index < -0.39 is 0 Å². The van der Waals surface area contributed by atoms with Gasteiger partial charge in [-0.25, -0.2) is 0 Å². The average Bonchev–Trinajstić information content (AvgIpc) is 3.71. The van der Waals surface area contributed by atoms with Gasteiger partial charge >= 0.3 is 67.0 Å². The Hall–Kier alpha value is -2.83. The summed E-state index contributed by atoms with van der Waals surface area (Å²) in [7, 11) is 0. The molecule has 44 heavy (non-hydrogen) atoms. The fourth-order valence-corrected chi connectivity index (χ4v) is 6.24. The Morgan fingerprint density at radius 3 is 1.39 bits per heavy atom.